The van der Waals surface area contributed by atoms with Crippen molar-refractivity contribution in [2.75, 3.05) is 13.1 Å². The molecule has 0 unspecified atom stereocenters. The first-order chi connectivity index (χ1) is 7.65. The second-order valence-corrected chi connectivity index (χ2v) is 4.67. The zero-order chi connectivity index (χ0) is 11.6. The SMILES string of the molecule is Cc1cc(C(=O)NCC2(CCN)CC2)co1. The zero-order valence-electron chi connectivity index (χ0n) is 9.58. The Morgan fingerprint density at radius 1 is 1.62 bits per heavy atom. The molecule has 4 nitrogen and oxygen atoms in total. The maximum Gasteiger partial charge on any atom is 0.254 e. The Morgan fingerprint density at radius 2 is 2.38 bits per heavy atom. The summed E-state index contributed by atoms with van der Waals surface area (Å²) >= 11 is 0. The van der Waals surface area contributed by atoms with Crippen LogP contribution < -0.4 is 11.1 Å². The van der Waals surface area contributed by atoms with Gasteiger partial charge in [-0.25, -0.2) is 0 Å². The lowest BCUT2D eigenvalue weighted by Gasteiger charge is -2.14. The van der Waals surface area contributed by atoms with Gasteiger partial charge >= 0.3 is 0 Å². The van der Waals surface area contributed by atoms with Gasteiger partial charge in [0.25, 0.3) is 5.91 Å². The molecule has 0 aromatic carbocycles. The number of nitrogens with one attached hydrogen (secondary N) is 1. The highest BCUT2D eigenvalue weighted by Gasteiger charge is 2.41. The highest BCUT2D eigenvalue weighted by atomic mass is 16.3. The third-order valence-electron chi connectivity index (χ3n) is 3.25. The molecule has 3 N–H and O–H groups in total. The molecule has 1 aromatic heterocycles. The molecule has 1 heterocycles. The minimum Gasteiger partial charge on any atom is -0.469 e. The van der Waals surface area contributed by atoms with E-state index in [4.69, 9.17) is 10.2 Å². The van der Waals surface area contributed by atoms with Crippen molar-refractivity contribution in [1.82, 2.24) is 5.32 Å². The maximum atomic E-state index is 11.7. The molecule has 4 heteroatoms. The van der Waals surface area contributed by atoms with E-state index in [0.29, 0.717) is 12.1 Å². The molecule has 0 radical (unpaired) electrons. The number of aryl methyl sites for hydroxylation is 1. The topological polar surface area (TPSA) is 68.3 Å². The first kappa shape index (κ1) is 11.2. The van der Waals surface area contributed by atoms with Gasteiger partial charge in [0.15, 0.2) is 0 Å². The number of amides is 1. The standard InChI is InChI=1S/C12H18N2O2/c1-9-6-10(7-16-9)11(15)14-8-12(2-3-12)4-5-13/h6-7H,2-5,8,13H2,1H3,(H,14,15). The van der Waals surface area contributed by atoms with Crippen LogP contribution in [0, 0.1) is 12.3 Å². The summed E-state index contributed by atoms with van der Waals surface area (Å²) in [5.74, 6) is 0.702. The molecular weight excluding hydrogens is 204 g/mol. The molecule has 1 saturated carbocycles. The first-order valence-corrected chi connectivity index (χ1v) is 5.69. The molecule has 0 spiro atoms. The molecule has 0 aliphatic heterocycles. The average Bonchev–Trinajstić information content (AvgIpc) is 2.89. The lowest BCUT2D eigenvalue weighted by atomic mass is 10.0. The molecule has 0 bridgehead atoms. The third kappa shape index (κ3) is 2.44. The van der Waals surface area contributed by atoms with Crippen molar-refractivity contribution in [3.63, 3.8) is 0 Å². The van der Waals surface area contributed by atoms with Crippen molar-refractivity contribution >= 4 is 5.91 Å². The molecule has 2 rings (SSSR count). The van der Waals surface area contributed by atoms with Crippen LogP contribution in [0.25, 0.3) is 0 Å². The van der Waals surface area contributed by atoms with Crippen molar-refractivity contribution in [3.05, 3.63) is 23.7 Å². The van der Waals surface area contributed by atoms with Crippen LogP contribution in [0.3, 0.4) is 0 Å². The van der Waals surface area contributed by atoms with Crippen LogP contribution in [0.5, 0.6) is 0 Å². The summed E-state index contributed by atoms with van der Waals surface area (Å²) in [7, 11) is 0. The fourth-order valence-electron chi connectivity index (χ4n) is 1.93. The molecule has 1 aromatic rings. The summed E-state index contributed by atoms with van der Waals surface area (Å²) < 4.78 is 5.10. The lowest BCUT2D eigenvalue weighted by Crippen LogP contribution is -2.31. The van der Waals surface area contributed by atoms with E-state index in [1.54, 1.807) is 6.07 Å². The minimum atomic E-state index is -0.0554. The van der Waals surface area contributed by atoms with Crippen molar-refractivity contribution in [3.8, 4) is 0 Å². The van der Waals surface area contributed by atoms with Gasteiger partial charge in [-0.1, -0.05) is 0 Å². The Labute approximate surface area is 95.2 Å². The Kier molecular flexibility index (Phi) is 3.01. The second kappa shape index (κ2) is 4.29. The number of rotatable bonds is 5. The highest BCUT2D eigenvalue weighted by molar-refractivity contribution is 5.93. The Morgan fingerprint density at radius 3 is 2.88 bits per heavy atom. The van der Waals surface area contributed by atoms with Crippen LogP contribution in [-0.4, -0.2) is 19.0 Å². The van der Waals surface area contributed by atoms with Crippen LogP contribution in [0.15, 0.2) is 16.7 Å². The molecule has 88 valence electrons. The van der Waals surface area contributed by atoms with Gasteiger partial charge in [0.05, 0.1) is 5.56 Å². The number of carbonyl (C=O) groups excluding carboxylic acids is 1. The maximum absolute atomic E-state index is 11.7. The van der Waals surface area contributed by atoms with Gasteiger partial charge in [-0.3, -0.25) is 4.79 Å². The molecule has 1 amide bonds. The van der Waals surface area contributed by atoms with Crippen molar-refractivity contribution in [2.24, 2.45) is 11.1 Å². The summed E-state index contributed by atoms with van der Waals surface area (Å²) in [5, 5.41) is 2.95. The highest BCUT2D eigenvalue weighted by Crippen LogP contribution is 2.47. The van der Waals surface area contributed by atoms with E-state index < -0.39 is 0 Å². The van der Waals surface area contributed by atoms with Crippen LogP contribution in [0.4, 0.5) is 0 Å². The molecule has 0 saturated heterocycles. The quantitative estimate of drug-likeness (QED) is 0.792. The number of hydrogen-bond acceptors (Lipinski definition) is 3. The van der Waals surface area contributed by atoms with Crippen molar-refractivity contribution < 1.29 is 9.21 Å². The van der Waals surface area contributed by atoms with E-state index in [1.165, 1.54) is 19.1 Å². The van der Waals surface area contributed by atoms with Gasteiger partial charge in [0, 0.05) is 6.54 Å². The number of carbonyl (C=O) groups is 1. The summed E-state index contributed by atoms with van der Waals surface area (Å²) in [6.45, 7) is 3.25. The van der Waals surface area contributed by atoms with E-state index in [0.717, 1.165) is 18.7 Å². The van der Waals surface area contributed by atoms with Gasteiger partial charge in [0.1, 0.15) is 12.0 Å². The van der Waals surface area contributed by atoms with Gasteiger partial charge < -0.3 is 15.5 Å². The zero-order valence-corrected chi connectivity index (χ0v) is 9.58. The molecule has 1 fully saturated rings. The normalized spacial score (nSPS) is 17.1. The molecule has 0 atom stereocenters. The van der Waals surface area contributed by atoms with E-state index in [2.05, 4.69) is 5.32 Å². The van der Waals surface area contributed by atoms with Crippen LogP contribution in [0.1, 0.15) is 35.4 Å². The van der Waals surface area contributed by atoms with Crippen LogP contribution >= 0.6 is 0 Å². The monoisotopic (exact) mass is 222 g/mol. The summed E-state index contributed by atoms with van der Waals surface area (Å²) in [4.78, 5) is 11.7. The molecule has 1 aliphatic carbocycles. The van der Waals surface area contributed by atoms with Gasteiger partial charge in [-0.05, 0) is 44.2 Å². The number of nitrogens with two attached hydrogens (primary N) is 1. The average molecular weight is 222 g/mol. The molecule has 1 aliphatic rings. The van der Waals surface area contributed by atoms with E-state index in [-0.39, 0.29) is 11.3 Å². The second-order valence-electron chi connectivity index (χ2n) is 4.67. The Balaban J connectivity index is 1.84. The van der Waals surface area contributed by atoms with E-state index in [1.807, 2.05) is 6.92 Å². The van der Waals surface area contributed by atoms with E-state index >= 15 is 0 Å². The smallest absolute Gasteiger partial charge is 0.254 e. The number of hydrogen-bond donors (Lipinski definition) is 2. The van der Waals surface area contributed by atoms with Gasteiger partial charge in [-0.2, -0.15) is 0 Å². The molecular formula is C12H18N2O2. The van der Waals surface area contributed by atoms with Crippen molar-refractivity contribution in [2.45, 2.75) is 26.2 Å². The van der Waals surface area contributed by atoms with Crippen LogP contribution in [0.2, 0.25) is 0 Å². The Bertz CT molecular complexity index is 380. The predicted molar refractivity (Wildman–Crippen MR) is 61.1 cm³/mol. The summed E-state index contributed by atoms with van der Waals surface area (Å²) in [6, 6.07) is 1.75. The van der Waals surface area contributed by atoms with Crippen LogP contribution in [-0.2, 0) is 0 Å². The Hall–Kier alpha value is -1.29. The molecule has 16 heavy (non-hydrogen) atoms. The van der Waals surface area contributed by atoms with Gasteiger partial charge in [0.2, 0.25) is 0 Å². The summed E-state index contributed by atoms with van der Waals surface area (Å²) in [6.07, 6.45) is 4.84. The largest absolute Gasteiger partial charge is 0.469 e. The predicted octanol–water partition coefficient (Wildman–Crippen LogP) is 1.45. The fourth-order valence-corrected chi connectivity index (χ4v) is 1.93. The summed E-state index contributed by atoms with van der Waals surface area (Å²) in [5.41, 5.74) is 6.43. The fraction of sp³-hybridized carbons (Fsp3) is 0.583. The van der Waals surface area contributed by atoms with E-state index in [9.17, 15) is 4.79 Å². The minimum absolute atomic E-state index is 0.0554. The van der Waals surface area contributed by atoms with Gasteiger partial charge in [-0.15, -0.1) is 0 Å². The third-order valence-corrected chi connectivity index (χ3v) is 3.25. The van der Waals surface area contributed by atoms with Crippen molar-refractivity contribution in [1.29, 1.82) is 0 Å². The lowest BCUT2D eigenvalue weighted by molar-refractivity contribution is 0.0943. The number of furan rings is 1. The first-order valence-electron chi connectivity index (χ1n) is 5.69.